The molecule has 0 saturated heterocycles. The molecular formula is C13H19F3N4. The lowest BCUT2D eigenvalue weighted by Gasteiger charge is -2.14. The molecule has 0 aliphatic heterocycles. The Hall–Kier alpha value is -1.53. The summed E-state index contributed by atoms with van der Waals surface area (Å²) in [6, 6.07) is 1.52. The fraction of sp³-hybridized carbons (Fsp3) is 0.692. The zero-order chi connectivity index (χ0) is 14.6. The van der Waals surface area contributed by atoms with E-state index in [1.807, 2.05) is 0 Å². The normalized spacial score (nSPS) is 16.4. The molecular weight excluding hydrogens is 269 g/mol. The number of anilines is 2. The van der Waals surface area contributed by atoms with Gasteiger partial charge in [-0.25, -0.2) is 9.97 Å². The minimum absolute atomic E-state index is 0.198. The number of rotatable bonds is 5. The van der Waals surface area contributed by atoms with Gasteiger partial charge in [-0.05, 0) is 25.7 Å². The number of nitrogens with one attached hydrogen (secondary N) is 2. The first-order valence-corrected chi connectivity index (χ1v) is 6.93. The molecule has 1 heterocycles. The molecule has 1 aromatic heterocycles. The zero-order valence-corrected chi connectivity index (χ0v) is 11.4. The number of hydrogen-bond acceptors (Lipinski definition) is 4. The van der Waals surface area contributed by atoms with Crippen molar-refractivity contribution in [3.63, 3.8) is 0 Å². The molecule has 2 rings (SSSR count). The van der Waals surface area contributed by atoms with Crippen LogP contribution in [-0.4, -0.2) is 23.1 Å². The van der Waals surface area contributed by atoms with Crippen molar-refractivity contribution in [1.82, 2.24) is 9.97 Å². The largest absolute Gasteiger partial charge is 0.451 e. The molecule has 0 amide bonds. The van der Waals surface area contributed by atoms with Crippen molar-refractivity contribution in [2.24, 2.45) is 5.92 Å². The maximum atomic E-state index is 12.7. The molecule has 0 radical (unpaired) electrons. The summed E-state index contributed by atoms with van der Waals surface area (Å²) < 4.78 is 38.2. The Bertz CT molecular complexity index is 442. The van der Waals surface area contributed by atoms with E-state index in [0.29, 0.717) is 19.0 Å². The third kappa shape index (κ3) is 3.98. The van der Waals surface area contributed by atoms with Crippen LogP contribution in [0.15, 0.2) is 6.07 Å². The van der Waals surface area contributed by atoms with Gasteiger partial charge in [0.15, 0.2) is 0 Å². The van der Waals surface area contributed by atoms with Gasteiger partial charge in [0.25, 0.3) is 0 Å². The number of halogens is 3. The summed E-state index contributed by atoms with van der Waals surface area (Å²) in [6.07, 6.45) is 0.128. The highest BCUT2D eigenvalue weighted by Gasteiger charge is 2.35. The van der Waals surface area contributed by atoms with E-state index < -0.39 is 12.0 Å². The van der Waals surface area contributed by atoms with Crippen molar-refractivity contribution >= 4 is 11.6 Å². The van der Waals surface area contributed by atoms with E-state index in [9.17, 15) is 13.2 Å². The first kappa shape index (κ1) is 14.9. The Morgan fingerprint density at radius 3 is 2.30 bits per heavy atom. The van der Waals surface area contributed by atoms with Crippen LogP contribution < -0.4 is 10.6 Å². The molecule has 1 fully saturated rings. The van der Waals surface area contributed by atoms with E-state index in [1.165, 1.54) is 18.9 Å². The molecule has 1 aromatic rings. The summed E-state index contributed by atoms with van der Waals surface area (Å²) in [7, 11) is 0. The standard InChI is InChI=1S/C13H19F3N4/c1-2-17-10-7-11(18-8-9-5-3-4-6-9)20-12(19-10)13(14,15)16/h7,9H,2-6,8H2,1H3,(H2,17,18,19,20). The first-order valence-electron chi connectivity index (χ1n) is 6.93. The van der Waals surface area contributed by atoms with Crippen LogP contribution in [0.5, 0.6) is 0 Å². The molecule has 112 valence electrons. The van der Waals surface area contributed by atoms with Gasteiger partial charge >= 0.3 is 6.18 Å². The van der Waals surface area contributed by atoms with Crippen LogP contribution in [0.2, 0.25) is 0 Å². The zero-order valence-electron chi connectivity index (χ0n) is 11.4. The summed E-state index contributed by atoms with van der Waals surface area (Å²) >= 11 is 0. The number of nitrogens with zero attached hydrogens (tertiary/aromatic N) is 2. The molecule has 0 bridgehead atoms. The third-order valence-electron chi connectivity index (χ3n) is 3.38. The second-order valence-electron chi connectivity index (χ2n) is 5.02. The Labute approximate surface area is 116 Å². The molecule has 1 saturated carbocycles. The average molecular weight is 288 g/mol. The summed E-state index contributed by atoms with van der Waals surface area (Å²) in [5.74, 6) is -0.148. The predicted molar refractivity (Wildman–Crippen MR) is 71.6 cm³/mol. The van der Waals surface area contributed by atoms with Crippen LogP contribution in [-0.2, 0) is 6.18 Å². The molecule has 0 atom stereocenters. The maximum absolute atomic E-state index is 12.7. The second-order valence-corrected chi connectivity index (χ2v) is 5.02. The topological polar surface area (TPSA) is 49.8 Å². The third-order valence-corrected chi connectivity index (χ3v) is 3.38. The van der Waals surface area contributed by atoms with Crippen molar-refractivity contribution in [3.05, 3.63) is 11.9 Å². The Balaban J connectivity index is 2.11. The number of aromatic nitrogens is 2. The molecule has 0 aromatic carbocycles. The summed E-state index contributed by atoms with van der Waals surface area (Å²) in [5, 5.41) is 5.80. The maximum Gasteiger partial charge on any atom is 0.451 e. The number of hydrogen-bond donors (Lipinski definition) is 2. The minimum atomic E-state index is -4.53. The fourth-order valence-electron chi connectivity index (χ4n) is 2.40. The highest BCUT2D eigenvalue weighted by Crippen LogP contribution is 2.29. The molecule has 0 unspecified atom stereocenters. The van der Waals surface area contributed by atoms with E-state index in [0.717, 1.165) is 12.8 Å². The fourth-order valence-corrected chi connectivity index (χ4v) is 2.40. The van der Waals surface area contributed by atoms with E-state index in [1.54, 1.807) is 6.92 Å². The van der Waals surface area contributed by atoms with E-state index in [-0.39, 0.29) is 11.6 Å². The summed E-state index contributed by atoms with van der Waals surface area (Å²) in [4.78, 5) is 7.05. The smallest absolute Gasteiger partial charge is 0.370 e. The van der Waals surface area contributed by atoms with Crippen molar-refractivity contribution in [1.29, 1.82) is 0 Å². The Kier molecular flexibility index (Phi) is 4.67. The quantitative estimate of drug-likeness (QED) is 0.870. The first-order chi connectivity index (χ1) is 9.49. The lowest BCUT2D eigenvalue weighted by molar-refractivity contribution is -0.144. The van der Waals surface area contributed by atoms with Crippen LogP contribution in [0, 0.1) is 5.92 Å². The van der Waals surface area contributed by atoms with Gasteiger partial charge in [0.1, 0.15) is 11.6 Å². The van der Waals surface area contributed by atoms with Crippen molar-refractivity contribution in [3.8, 4) is 0 Å². The summed E-state index contributed by atoms with van der Waals surface area (Å²) in [5.41, 5.74) is 0. The van der Waals surface area contributed by atoms with Crippen LogP contribution in [0.1, 0.15) is 38.4 Å². The monoisotopic (exact) mass is 288 g/mol. The van der Waals surface area contributed by atoms with Crippen LogP contribution in [0.3, 0.4) is 0 Å². The second kappa shape index (κ2) is 6.28. The van der Waals surface area contributed by atoms with Gasteiger partial charge < -0.3 is 10.6 Å². The van der Waals surface area contributed by atoms with Crippen LogP contribution in [0.25, 0.3) is 0 Å². The lowest BCUT2D eigenvalue weighted by atomic mass is 10.1. The van der Waals surface area contributed by atoms with Crippen molar-refractivity contribution < 1.29 is 13.2 Å². The van der Waals surface area contributed by atoms with E-state index in [4.69, 9.17) is 0 Å². The van der Waals surface area contributed by atoms with Crippen LogP contribution in [0.4, 0.5) is 24.8 Å². The van der Waals surface area contributed by atoms with Crippen LogP contribution >= 0.6 is 0 Å². The average Bonchev–Trinajstić information content (AvgIpc) is 2.88. The Morgan fingerprint density at radius 1 is 1.15 bits per heavy atom. The molecule has 20 heavy (non-hydrogen) atoms. The van der Waals surface area contributed by atoms with Gasteiger partial charge in [0.05, 0.1) is 0 Å². The van der Waals surface area contributed by atoms with E-state index in [2.05, 4.69) is 20.6 Å². The van der Waals surface area contributed by atoms with Gasteiger partial charge in [-0.15, -0.1) is 0 Å². The van der Waals surface area contributed by atoms with Gasteiger partial charge in [-0.2, -0.15) is 13.2 Å². The SMILES string of the molecule is CCNc1cc(NCC2CCCC2)nc(C(F)(F)F)n1. The van der Waals surface area contributed by atoms with Gasteiger partial charge in [0.2, 0.25) is 5.82 Å². The summed E-state index contributed by atoms with van der Waals surface area (Å²) in [6.45, 7) is 2.98. The highest BCUT2D eigenvalue weighted by molar-refractivity contribution is 5.47. The lowest BCUT2D eigenvalue weighted by Crippen LogP contribution is -2.17. The highest BCUT2D eigenvalue weighted by atomic mass is 19.4. The van der Waals surface area contributed by atoms with Gasteiger partial charge in [-0.3, -0.25) is 0 Å². The van der Waals surface area contributed by atoms with Crippen molar-refractivity contribution in [2.45, 2.75) is 38.8 Å². The predicted octanol–water partition coefficient (Wildman–Crippen LogP) is 3.53. The molecule has 4 nitrogen and oxygen atoms in total. The molecule has 1 aliphatic carbocycles. The molecule has 2 N–H and O–H groups in total. The van der Waals surface area contributed by atoms with Gasteiger partial charge in [0, 0.05) is 19.2 Å². The van der Waals surface area contributed by atoms with Crippen molar-refractivity contribution in [2.75, 3.05) is 23.7 Å². The molecule has 7 heteroatoms. The van der Waals surface area contributed by atoms with Gasteiger partial charge in [-0.1, -0.05) is 12.8 Å². The van der Waals surface area contributed by atoms with E-state index >= 15 is 0 Å². The molecule has 0 spiro atoms. The minimum Gasteiger partial charge on any atom is -0.370 e. The Morgan fingerprint density at radius 2 is 1.75 bits per heavy atom. The molecule has 1 aliphatic rings. The number of alkyl halides is 3.